The van der Waals surface area contributed by atoms with Gasteiger partial charge in [0, 0.05) is 50.5 Å². The highest BCUT2D eigenvalue weighted by molar-refractivity contribution is 5.80. The molecule has 0 aromatic carbocycles. The van der Waals surface area contributed by atoms with Crippen molar-refractivity contribution in [2.24, 2.45) is 5.92 Å². The van der Waals surface area contributed by atoms with Crippen LogP contribution >= 0.6 is 0 Å². The SMILES string of the molecule is CCOCC(=O)N1CCC(C(=O)NCCCn2c(C)cccc2=O)CC1. The maximum Gasteiger partial charge on any atom is 0.250 e. The number of piperidine rings is 1. The summed E-state index contributed by atoms with van der Waals surface area (Å²) in [5.41, 5.74) is 0.910. The Labute approximate surface area is 154 Å². The van der Waals surface area contributed by atoms with E-state index in [4.69, 9.17) is 4.74 Å². The first-order valence-corrected chi connectivity index (χ1v) is 9.32. The van der Waals surface area contributed by atoms with Crippen LogP contribution in [0.15, 0.2) is 23.0 Å². The monoisotopic (exact) mass is 363 g/mol. The van der Waals surface area contributed by atoms with E-state index in [0.717, 1.165) is 5.69 Å². The van der Waals surface area contributed by atoms with Gasteiger partial charge < -0.3 is 19.5 Å². The Bertz CT molecular complexity index is 663. The molecule has 1 N–H and O–H groups in total. The third-order valence-electron chi connectivity index (χ3n) is 4.77. The number of aryl methyl sites for hydroxylation is 1. The van der Waals surface area contributed by atoms with Gasteiger partial charge in [0.15, 0.2) is 0 Å². The maximum absolute atomic E-state index is 12.3. The quantitative estimate of drug-likeness (QED) is 0.697. The third kappa shape index (κ3) is 5.69. The van der Waals surface area contributed by atoms with Crippen molar-refractivity contribution in [1.82, 2.24) is 14.8 Å². The summed E-state index contributed by atoms with van der Waals surface area (Å²) >= 11 is 0. The van der Waals surface area contributed by atoms with Gasteiger partial charge in [0.1, 0.15) is 6.61 Å². The molecule has 26 heavy (non-hydrogen) atoms. The second-order valence-electron chi connectivity index (χ2n) is 6.59. The molecule has 2 heterocycles. The van der Waals surface area contributed by atoms with E-state index in [1.165, 1.54) is 0 Å². The van der Waals surface area contributed by atoms with Crippen LogP contribution in [0.5, 0.6) is 0 Å². The number of carbonyl (C=O) groups excluding carboxylic acids is 2. The van der Waals surface area contributed by atoms with Crippen molar-refractivity contribution in [3.05, 3.63) is 34.2 Å². The summed E-state index contributed by atoms with van der Waals surface area (Å²) in [6.07, 6.45) is 2.07. The molecule has 144 valence electrons. The molecule has 2 amide bonds. The summed E-state index contributed by atoms with van der Waals surface area (Å²) in [4.78, 5) is 37.8. The van der Waals surface area contributed by atoms with Crippen LogP contribution in [0, 0.1) is 12.8 Å². The van der Waals surface area contributed by atoms with Gasteiger partial charge in [-0.25, -0.2) is 0 Å². The molecule has 1 aliphatic heterocycles. The van der Waals surface area contributed by atoms with Crippen LogP contribution in [-0.4, -0.2) is 54.1 Å². The van der Waals surface area contributed by atoms with Crippen LogP contribution in [-0.2, 0) is 20.9 Å². The van der Waals surface area contributed by atoms with E-state index in [1.807, 2.05) is 19.9 Å². The summed E-state index contributed by atoms with van der Waals surface area (Å²) in [5, 5.41) is 2.96. The van der Waals surface area contributed by atoms with Crippen molar-refractivity contribution in [2.75, 3.05) is 32.8 Å². The fourth-order valence-electron chi connectivity index (χ4n) is 3.17. The van der Waals surface area contributed by atoms with Crippen molar-refractivity contribution in [1.29, 1.82) is 0 Å². The topological polar surface area (TPSA) is 80.6 Å². The number of carbonyl (C=O) groups is 2. The standard InChI is InChI=1S/C19H29N3O4/c1-3-26-14-18(24)21-12-8-16(9-13-21)19(25)20-10-5-11-22-15(2)6-4-7-17(22)23/h4,6-7,16H,3,5,8-14H2,1-2H3,(H,20,25). The number of nitrogens with zero attached hydrogens (tertiary/aromatic N) is 2. The molecule has 0 bridgehead atoms. The molecule has 0 unspecified atom stereocenters. The van der Waals surface area contributed by atoms with E-state index in [0.29, 0.717) is 52.0 Å². The second-order valence-corrected chi connectivity index (χ2v) is 6.59. The van der Waals surface area contributed by atoms with Crippen molar-refractivity contribution >= 4 is 11.8 Å². The summed E-state index contributed by atoms with van der Waals surface area (Å²) in [6.45, 7) is 6.75. The minimum atomic E-state index is -0.0488. The lowest BCUT2D eigenvalue weighted by molar-refractivity contribution is -0.139. The second kappa shape index (κ2) is 10.1. The zero-order valence-electron chi connectivity index (χ0n) is 15.7. The van der Waals surface area contributed by atoms with Gasteiger partial charge in [0.2, 0.25) is 11.8 Å². The molecular formula is C19H29N3O4. The van der Waals surface area contributed by atoms with E-state index in [2.05, 4.69) is 5.32 Å². The number of pyridine rings is 1. The van der Waals surface area contributed by atoms with Gasteiger partial charge in [-0.1, -0.05) is 6.07 Å². The third-order valence-corrected chi connectivity index (χ3v) is 4.77. The van der Waals surface area contributed by atoms with Crippen molar-refractivity contribution in [3.8, 4) is 0 Å². The lowest BCUT2D eigenvalue weighted by Crippen LogP contribution is -2.44. The fourth-order valence-corrected chi connectivity index (χ4v) is 3.17. The summed E-state index contributed by atoms with van der Waals surface area (Å²) in [6, 6.07) is 5.20. The predicted molar refractivity (Wildman–Crippen MR) is 98.9 cm³/mol. The van der Waals surface area contributed by atoms with Gasteiger partial charge in [0.05, 0.1) is 0 Å². The maximum atomic E-state index is 12.3. The molecule has 1 saturated heterocycles. The molecule has 1 fully saturated rings. The highest BCUT2D eigenvalue weighted by Gasteiger charge is 2.26. The van der Waals surface area contributed by atoms with E-state index >= 15 is 0 Å². The van der Waals surface area contributed by atoms with Gasteiger partial charge in [0.25, 0.3) is 5.56 Å². The van der Waals surface area contributed by atoms with Gasteiger partial charge in [-0.15, -0.1) is 0 Å². The normalized spacial score (nSPS) is 15.1. The Morgan fingerprint density at radius 3 is 2.65 bits per heavy atom. The van der Waals surface area contributed by atoms with Gasteiger partial charge in [-0.2, -0.15) is 0 Å². The smallest absolute Gasteiger partial charge is 0.250 e. The van der Waals surface area contributed by atoms with Crippen LogP contribution in [0.1, 0.15) is 31.9 Å². The first kappa shape index (κ1) is 20.2. The fraction of sp³-hybridized carbons (Fsp3) is 0.632. The molecule has 0 saturated carbocycles. The minimum Gasteiger partial charge on any atom is -0.372 e. The number of hydrogen-bond acceptors (Lipinski definition) is 4. The number of nitrogens with one attached hydrogen (secondary N) is 1. The number of amides is 2. The van der Waals surface area contributed by atoms with E-state index in [1.54, 1.807) is 21.6 Å². The molecule has 0 radical (unpaired) electrons. The molecule has 1 aromatic heterocycles. The van der Waals surface area contributed by atoms with Gasteiger partial charge in [-0.05, 0) is 39.2 Å². The minimum absolute atomic E-state index is 0.00520. The molecular weight excluding hydrogens is 334 g/mol. The molecule has 0 atom stereocenters. The van der Waals surface area contributed by atoms with Crippen molar-refractivity contribution in [2.45, 2.75) is 39.7 Å². The van der Waals surface area contributed by atoms with Crippen LogP contribution in [0.4, 0.5) is 0 Å². The number of aromatic nitrogens is 1. The number of likely N-dealkylation sites (tertiary alicyclic amines) is 1. The lowest BCUT2D eigenvalue weighted by atomic mass is 9.96. The summed E-state index contributed by atoms with van der Waals surface area (Å²) in [7, 11) is 0. The van der Waals surface area contributed by atoms with Crippen LogP contribution in [0.25, 0.3) is 0 Å². The Morgan fingerprint density at radius 1 is 1.27 bits per heavy atom. The van der Waals surface area contributed by atoms with Crippen LogP contribution in [0.3, 0.4) is 0 Å². The molecule has 0 spiro atoms. The Kier molecular flexibility index (Phi) is 7.84. The predicted octanol–water partition coefficient (Wildman–Crippen LogP) is 0.938. The zero-order valence-corrected chi connectivity index (χ0v) is 15.7. The number of rotatable bonds is 8. The summed E-state index contributed by atoms with van der Waals surface area (Å²) in [5.74, 6) is -0.0132. The Hall–Kier alpha value is -2.15. The van der Waals surface area contributed by atoms with Crippen molar-refractivity contribution < 1.29 is 14.3 Å². The van der Waals surface area contributed by atoms with E-state index < -0.39 is 0 Å². The van der Waals surface area contributed by atoms with Crippen LogP contribution < -0.4 is 10.9 Å². The molecule has 1 aromatic rings. The van der Waals surface area contributed by atoms with Gasteiger partial charge >= 0.3 is 0 Å². The average Bonchev–Trinajstić information content (AvgIpc) is 2.65. The molecule has 0 aliphatic carbocycles. The first-order valence-electron chi connectivity index (χ1n) is 9.32. The first-order chi connectivity index (χ1) is 12.5. The molecule has 2 rings (SSSR count). The van der Waals surface area contributed by atoms with Gasteiger partial charge in [-0.3, -0.25) is 14.4 Å². The molecule has 7 nitrogen and oxygen atoms in total. The number of hydrogen-bond donors (Lipinski definition) is 1. The van der Waals surface area contributed by atoms with E-state index in [9.17, 15) is 14.4 Å². The number of ether oxygens (including phenoxy) is 1. The highest BCUT2D eigenvalue weighted by Crippen LogP contribution is 2.17. The average molecular weight is 363 g/mol. The van der Waals surface area contributed by atoms with Crippen LogP contribution in [0.2, 0.25) is 0 Å². The Balaban J connectivity index is 1.68. The Morgan fingerprint density at radius 2 is 2.00 bits per heavy atom. The van der Waals surface area contributed by atoms with Crippen molar-refractivity contribution in [3.63, 3.8) is 0 Å². The largest absolute Gasteiger partial charge is 0.372 e. The lowest BCUT2D eigenvalue weighted by Gasteiger charge is -2.31. The van der Waals surface area contributed by atoms with E-state index in [-0.39, 0.29) is 29.9 Å². The molecule has 7 heteroatoms. The highest BCUT2D eigenvalue weighted by atomic mass is 16.5. The zero-order chi connectivity index (χ0) is 18.9. The summed E-state index contributed by atoms with van der Waals surface area (Å²) < 4.78 is 6.86. The molecule has 1 aliphatic rings.